The van der Waals surface area contributed by atoms with E-state index >= 15 is 0 Å². The monoisotopic (exact) mass is 365 g/mol. The average molecular weight is 365 g/mol. The lowest BCUT2D eigenvalue weighted by Crippen LogP contribution is -2.40. The molecule has 0 saturated carbocycles. The quantitative estimate of drug-likeness (QED) is 0.718. The van der Waals surface area contributed by atoms with Gasteiger partial charge in [-0.25, -0.2) is 0 Å². The zero-order valence-electron chi connectivity index (χ0n) is 15.9. The van der Waals surface area contributed by atoms with Gasteiger partial charge in [0.25, 0.3) is 5.91 Å². The molecule has 0 atom stereocenters. The predicted molar refractivity (Wildman–Crippen MR) is 105 cm³/mol. The summed E-state index contributed by atoms with van der Waals surface area (Å²) in [5.74, 6) is 1.16. The Morgan fingerprint density at radius 3 is 2.37 bits per heavy atom. The summed E-state index contributed by atoms with van der Waals surface area (Å²) in [5.41, 5.74) is 1.71. The number of carbonyl (C=O) groups excluding carboxylic acids is 1. The van der Waals surface area contributed by atoms with Crippen molar-refractivity contribution in [1.29, 1.82) is 0 Å². The molecule has 0 aliphatic heterocycles. The van der Waals surface area contributed by atoms with E-state index in [4.69, 9.17) is 9.47 Å². The molecule has 6 heteroatoms. The Labute approximate surface area is 158 Å². The van der Waals surface area contributed by atoms with Gasteiger partial charge in [-0.15, -0.1) is 0 Å². The van der Waals surface area contributed by atoms with Gasteiger partial charge in [-0.2, -0.15) is 5.10 Å². The van der Waals surface area contributed by atoms with E-state index in [-0.39, 0.29) is 5.91 Å². The summed E-state index contributed by atoms with van der Waals surface area (Å²) in [6, 6.07) is 15.0. The van der Waals surface area contributed by atoms with E-state index in [0.29, 0.717) is 11.5 Å². The molecule has 0 bridgehead atoms. The maximum atomic E-state index is 12.8. The molecule has 1 N–H and O–H groups in total. The van der Waals surface area contributed by atoms with Crippen LogP contribution in [0.3, 0.4) is 0 Å². The number of hydrogen-bond acceptors (Lipinski definition) is 4. The maximum absolute atomic E-state index is 12.8. The first-order valence-corrected chi connectivity index (χ1v) is 8.59. The zero-order valence-corrected chi connectivity index (χ0v) is 15.9. The second-order valence-electron chi connectivity index (χ2n) is 6.62. The molecule has 0 fully saturated rings. The van der Waals surface area contributed by atoms with Crippen molar-refractivity contribution in [3.8, 4) is 22.6 Å². The Morgan fingerprint density at radius 2 is 1.70 bits per heavy atom. The van der Waals surface area contributed by atoms with Gasteiger partial charge in [-0.1, -0.05) is 24.3 Å². The SMILES string of the molecule is COc1ccc(-c2cnn(C(C)(C)C(=O)Nc3ccccc3)c2)cc1OC. The number of anilines is 1. The van der Waals surface area contributed by atoms with Crippen LogP contribution in [0.1, 0.15) is 13.8 Å². The van der Waals surface area contributed by atoms with E-state index < -0.39 is 5.54 Å². The van der Waals surface area contributed by atoms with Gasteiger partial charge in [0.15, 0.2) is 11.5 Å². The van der Waals surface area contributed by atoms with Crippen molar-refractivity contribution in [1.82, 2.24) is 9.78 Å². The fraction of sp³-hybridized carbons (Fsp3) is 0.238. The smallest absolute Gasteiger partial charge is 0.251 e. The highest BCUT2D eigenvalue weighted by atomic mass is 16.5. The summed E-state index contributed by atoms with van der Waals surface area (Å²) in [4.78, 5) is 12.8. The van der Waals surface area contributed by atoms with Gasteiger partial charge in [0, 0.05) is 17.4 Å². The largest absolute Gasteiger partial charge is 0.493 e. The Kier molecular flexibility index (Phi) is 5.16. The molecule has 2 aromatic carbocycles. The molecular weight excluding hydrogens is 342 g/mol. The summed E-state index contributed by atoms with van der Waals surface area (Å²) < 4.78 is 12.3. The molecular formula is C21H23N3O3. The van der Waals surface area contributed by atoms with E-state index in [9.17, 15) is 4.79 Å². The van der Waals surface area contributed by atoms with Crippen molar-refractivity contribution in [2.24, 2.45) is 0 Å². The number of carbonyl (C=O) groups is 1. The second-order valence-corrected chi connectivity index (χ2v) is 6.62. The van der Waals surface area contributed by atoms with Crippen molar-refractivity contribution in [3.63, 3.8) is 0 Å². The first kappa shape index (κ1) is 18.5. The Morgan fingerprint density at radius 1 is 1.00 bits per heavy atom. The summed E-state index contributed by atoms with van der Waals surface area (Å²) >= 11 is 0. The molecule has 0 aliphatic carbocycles. The van der Waals surface area contributed by atoms with Crippen molar-refractivity contribution in [3.05, 3.63) is 60.9 Å². The lowest BCUT2D eigenvalue weighted by Gasteiger charge is -2.24. The Bertz CT molecular complexity index is 933. The van der Waals surface area contributed by atoms with Crippen LogP contribution < -0.4 is 14.8 Å². The molecule has 1 heterocycles. The van der Waals surface area contributed by atoms with Crippen molar-refractivity contribution in [2.75, 3.05) is 19.5 Å². The van der Waals surface area contributed by atoms with Gasteiger partial charge < -0.3 is 14.8 Å². The number of rotatable bonds is 6. The van der Waals surface area contributed by atoms with Crippen LogP contribution in [0.15, 0.2) is 60.9 Å². The third-order valence-electron chi connectivity index (χ3n) is 4.46. The number of benzene rings is 2. The van der Waals surface area contributed by atoms with E-state index in [2.05, 4.69) is 10.4 Å². The van der Waals surface area contributed by atoms with Crippen LogP contribution in [0.4, 0.5) is 5.69 Å². The topological polar surface area (TPSA) is 65.4 Å². The predicted octanol–water partition coefficient (Wildman–Crippen LogP) is 3.94. The fourth-order valence-corrected chi connectivity index (χ4v) is 2.70. The molecule has 0 unspecified atom stereocenters. The minimum atomic E-state index is -0.856. The number of hydrogen-bond donors (Lipinski definition) is 1. The first-order chi connectivity index (χ1) is 13.0. The number of para-hydroxylation sites is 1. The highest BCUT2D eigenvalue weighted by Crippen LogP contribution is 2.32. The summed E-state index contributed by atoms with van der Waals surface area (Å²) in [5, 5.41) is 7.34. The van der Waals surface area contributed by atoms with E-state index in [0.717, 1.165) is 16.8 Å². The van der Waals surface area contributed by atoms with Gasteiger partial charge in [0.1, 0.15) is 5.54 Å². The normalized spacial score (nSPS) is 11.1. The highest BCUT2D eigenvalue weighted by Gasteiger charge is 2.31. The first-order valence-electron chi connectivity index (χ1n) is 8.59. The number of aromatic nitrogens is 2. The van der Waals surface area contributed by atoms with Gasteiger partial charge in [-0.3, -0.25) is 9.48 Å². The van der Waals surface area contributed by atoms with Crippen LogP contribution in [-0.2, 0) is 10.3 Å². The minimum Gasteiger partial charge on any atom is -0.493 e. The average Bonchev–Trinajstić information content (AvgIpc) is 3.19. The number of nitrogens with zero attached hydrogens (tertiary/aromatic N) is 2. The van der Waals surface area contributed by atoms with Gasteiger partial charge in [0.05, 0.1) is 20.4 Å². The lowest BCUT2D eigenvalue weighted by molar-refractivity contribution is -0.123. The molecule has 0 aliphatic rings. The number of methoxy groups -OCH3 is 2. The molecule has 6 nitrogen and oxygen atoms in total. The lowest BCUT2D eigenvalue weighted by atomic mass is 10.0. The Balaban J connectivity index is 1.85. The Hall–Kier alpha value is -3.28. The van der Waals surface area contributed by atoms with Crippen molar-refractivity contribution < 1.29 is 14.3 Å². The van der Waals surface area contributed by atoms with Gasteiger partial charge >= 0.3 is 0 Å². The van der Waals surface area contributed by atoms with Crippen molar-refractivity contribution in [2.45, 2.75) is 19.4 Å². The standard InChI is InChI=1S/C21H23N3O3/c1-21(2,20(25)23-17-8-6-5-7-9-17)24-14-16(13-22-24)15-10-11-18(26-3)19(12-15)27-4/h5-14H,1-4H3,(H,23,25). The third-order valence-corrected chi connectivity index (χ3v) is 4.46. The van der Waals surface area contributed by atoms with E-state index in [1.165, 1.54) is 0 Å². The molecule has 3 rings (SSSR count). The molecule has 140 valence electrons. The minimum absolute atomic E-state index is 0.143. The zero-order chi connectivity index (χ0) is 19.4. The number of amides is 1. The van der Waals surface area contributed by atoms with Crippen LogP contribution in [0.2, 0.25) is 0 Å². The van der Waals surface area contributed by atoms with Gasteiger partial charge in [0.2, 0.25) is 0 Å². The summed E-state index contributed by atoms with van der Waals surface area (Å²) in [6.45, 7) is 3.66. The fourth-order valence-electron chi connectivity index (χ4n) is 2.70. The van der Waals surface area contributed by atoms with Crippen LogP contribution in [0.5, 0.6) is 11.5 Å². The molecule has 0 spiro atoms. The van der Waals surface area contributed by atoms with Crippen LogP contribution in [0.25, 0.3) is 11.1 Å². The summed E-state index contributed by atoms with van der Waals surface area (Å²) in [6.07, 6.45) is 3.59. The molecule has 27 heavy (non-hydrogen) atoms. The van der Waals surface area contributed by atoms with Crippen LogP contribution in [0, 0.1) is 0 Å². The van der Waals surface area contributed by atoms with Crippen molar-refractivity contribution >= 4 is 11.6 Å². The van der Waals surface area contributed by atoms with Crippen LogP contribution >= 0.6 is 0 Å². The summed E-state index contributed by atoms with van der Waals surface area (Å²) in [7, 11) is 3.20. The number of ether oxygens (including phenoxy) is 2. The number of nitrogens with one attached hydrogen (secondary N) is 1. The molecule has 1 aromatic heterocycles. The second kappa shape index (κ2) is 7.53. The van der Waals surface area contributed by atoms with Crippen LogP contribution in [-0.4, -0.2) is 29.9 Å². The van der Waals surface area contributed by atoms with E-state index in [1.54, 1.807) is 25.1 Å². The van der Waals surface area contributed by atoms with Gasteiger partial charge in [-0.05, 0) is 43.7 Å². The third kappa shape index (κ3) is 3.79. The molecule has 3 aromatic rings. The van der Waals surface area contributed by atoms with E-state index in [1.807, 2.05) is 68.6 Å². The molecule has 0 saturated heterocycles. The molecule has 1 amide bonds. The maximum Gasteiger partial charge on any atom is 0.251 e. The highest BCUT2D eigenvalue weighted by molar-refractivity contribution is 5.96. The molecule has 0 radical (unpaired) electrons.